The molecule has 0 bridgehead atoms. The number of carboxylic acids is 1. The summed E-state index contributed by atoms with van der Waals surface area (Å²) in [5.41, 5.74) is 3.12. The van der Waals surface area contributed by atoms with E-state index in [0.717, 1.165) is 22.8 Å². The maximum Gasteiger partial charge on any atom is 0.328 e. The van der Waals surface area contributed by atoms with Crippen LogP contribution in [0.4, 0.5) is 0 Å². The summed E-state index contributed by atoms with van der Waals surface area (Å²) in [7, 11) is 0. The summed E-state index contributed by atoms with van der Waals surface area (Å²) in [6, 6.07) is 15.3. The summed E-state index contributed by atoms with van der Waals surface area (Å²) in [5, 5.41) is 9.68. The number of carboxylic acid groups (broad SMARTS) is 1. The Labute approximate surface area is 173 Å². The molecule has 0 aliphatic rings. The van der Waals surface area contributed by atoms with Crippen molar-refractivity contribution in [2.75, 3.05) is 0 Å². The van der Waals surface area contributed by atoms with Crippen LogP contribution in [0.3, 0.4) is 0 Å². The van der Waals surface area contributed by atoms with E-state index in [9.17, 15) is 4.79 Å². The van der Waals surface area contributed by atoms with Crippen LogP contribution in [0.2, 0.25) is 10.2 Å². The zero-order chi connectivity index (χ0) is 20.1. The Hall–Kier alpha value is -3.00. The number of imidazole rings is 1. The lowest BCUT2D eigenvalue weighted by atomic mass is 10.1. The zero-order valence-electron chi connectivity index (χ0n) is 15.0. The van der Waals surface area contributed by atoms with Gasteiger partial charge >= 0.3 is 5.97 Å². The molecule has 6 heteroatoms. The van der Waals surface area contributed by atoms with Gasteiger partial charge < -0.3 is 9.67 Å². The first-order chi connectivity index (χ1) is 13.4. The second-order valence-corrected chi connectivity index (χ2v) is 6.78. The molecule has 1 N–H and O–H groups in total. The second kappa shape index (κ2) is 8.79. The molecule has 0 unspecified atom stereocenters. The molecule has 140 valence electrons. The highest BCUT2D eigenvalue weighted by atomic mass is 35.5. The van der Waals surface area contributed by atoms with Crippen LogP contribution < -0.4 is 0 Å². The summed E-state index contributed by atoms with van der Waals surface area (Å²) in [6.45, 7) is 2.22. The molecule has 0 saturated heterocycles. The highest BCUT2D eigenvalue weighted by molar-refractivity contribution is 6.31. The number of benzene rings is 2. The minimum absolute atomic E-state index is 0.247. The molecule has 0 aliphatic carbocycles. The van der Waals surface area contributed by atoms with E-state index in [4.69, 9.17) is 28.3 Å². The molecular formula is C22H16Cl2N2O2. The number of carbonyl (C=O) groups is 1. The minimum atomic E-state index is -1.05. The molecular weight excluding hydrogens is 395 g/mol. The van der Waals surface area contributed by atoms with Crippen molar-refractivity contribution in [1.29, 1.82) is 0 Å². The van der Waals surface area contributed by atoms with Gasteiger partial charge in [-0.15, -0.1) is 0 Å². The molecule has 3 aromatic rings. The molecule has 1 heterocycles. The first-order valence-electron chi connectivity index (χ1n) is 8.43. The SMILES string of the molecule is Cc1nc(Cl)c(C=CC(=O)O)n1Cc1ccc(C#Cc2ccccc2)cc1Cl. The lowest BCUT2D eigenvalue weighted by molar-refractivity contribution is -0.131. The summed E-state index contributed by atoms with van der Waals surface area (Å²) >= 11 is 12.6. The Balaban J connectivity index is 1.87. The number of rotatable bonds is 4. The molecule has 0 fully saturated rings. The summed E-state index contributed by atoms with van der Waals surface area (Å²) < 4.78 is 1.82. The molecule has 2 aromatic carbocycles. The van der Waals surface area contributed by atoms with E-state index >= 15 is 0 Å². The summed E-state index contributed by atoms with van der Waals surface area (Å²) in [5.74, 6) is 5.81. The molecule has 1 aromatic heterocycles. The Morgan fingerprint density at radius 2 is 1.86 bits per heavy atom. The van der Waals surface area contributed by atoms with Crippen molar-refractivity contribution in [1.82, 2.24) is 9.55 Å². The highest BCUT2D eigenvalue weighted by Gasteiger charge is 2.13. The molecule has 28 heavy (non-hydrogen) atoms. The van der Waals surface area contributed by atoms with E-state index in [-0.39, 0.29) is 5.15 Å². The van der Waals surface area contributed by atoms with Crippen LogP contribution in [-0.2, 0) is 11.3 Å². The van der Waals surface area contributed by atoms with Gasteiger partial charge in [0.2, 0.25) is 0 Å². The van der Waals surface area contributed by atoms with Crippen LogP contribution in [0.5, 0.6) is 0 Å². The normalized spacial score (nSPS) is 10.7. The third-order valence-corrected chi connectivity index (χ3v) is 4.67. The van der Waals surface area contributed by atoms with Crippen LogP contribution in [0.15, 0.2) is 54.6 Å². The molecule has 4 nitrogen and oxygen atoms in total. The molecule has 0 amide bonds. The number of hydrogen-bond acceptors (Lipinski definition) is 2. The van der Waals surface area contributed by atoms with Gasteiger partial charge in [-0.05, 0) is 42.8 Å². The van der Waals surface area contributed by atoms with E-state index in [1.165, 1.54) is 6.08 Å². The molecule has 0 atom stereocenters. The Morgan fingerprint density at radius 3 is 2.54 bits per heavy atom. The second-order valence-electron chi connectivity index (χ2n) is 6.01. The van der Waals surface area contributed by atoms with Gasteiger partial charge in [0, 0.05) is 22.2 Å². The number of halogens is 2. The van der Waals surface area contributed by atoms with Gasteiger partial charge in [0.05, 0.1) is 12.2 Å². The first-order valence-corrected chi connectivity index (χ1v) is 9.19. The highest BCUT2D eigenvalue weighted by Crippen LogP contribution is 2.24. The van der Waals surface area contributed by atoms with E-state index in [0.29, 0.717) is 23.1 Å². The van der Waals surface area contributed by atoms with Crippen molar-refractivity contribution in [3.63, 3.8) is 0 Å². The third-order valence-electron chi connectivity index (χ3n) is 4.04. The monoisotopic (exact) mass is 410 g/mol. The largest absolute Gasteiger partial charge is 0.478 e. The van der Waals surface area contributed by atoms with Crippen molar-refractivity contribution in [3.8, 4) is 11.8 Å². The summed E-state index contributed by atoms with van der Waals surface area (Å²) in [6.07, 6.45) is 2.46. The van der Waals surface area contributed by atoms with E-state index in [1.807, 2.05) is 53.1 Å². The average molecular weight is 411 g/mol. The van der Waals surface area contributed by atoms with Gasteiger partial charge in [-0.3, -0.25) is 0 Å². The predicted molar refractivity (Wildman–Crippen MR) is 112 cm³/mol. The average Bonchev–Trinajstić information content (AvgIpc) is 2.93. The quantitative estimate of drug-likeness (QED) is 0.483. The van der Waals surface area contributed by atoms with Crippen LogP contribution in [-0.4, -0.2) is 20.6 Å². The maximum atomic E-state index is 10.8. The number of hydrogen-bond donors (Lipinski definition) is 1. The van der Waals surface area contributed by atoms with E-state index < -0.39 is 5.97 Å². The molecule has 0 aliphatic heterocycles. The van der Waals surface area contributed by atoms with Crippen LogP contribution in [0, 0.1) is 18.8 Å². The Morgan fingerprint density at radius 1 is 1.14 bits per heavy atom. The van der Waals surface area contributed by atoms with Gasteiger partial charge in [0.15, 0.2) is 5.15 Å². The summed E-state index contributed by atoms with van der Waals surface area (Å²) in [4.78, 5) is 15.0. The van der Waals surface area contributed by atoms with Crippen molar-refractivity contribution in [3.05, 3.63) is 93.0 Å². The fourth-order valence-electron chi connectivity index (χ4n) is 2.64. The smallest absolute Gasteiger partial charge is 0.328 e. The molecule has 0 saturated carbocycles. The standard InChI is InChI=1S/C22H16Cl2N2O2/c1-15-25-22(24)20(11-12-21(27)28)26(15)14-18-10-9-17(13-19(18)23)8-7-16-5-3-2-4-6-16/h2-6,9-13H,14H2,1H3,(H,27,28). The van der Waals surface area contributed by atoms with Crippen molar-refractivity contribution < 1.29 is 9.90 Å². The third kappa shape index (κ3) is 4.83. The van der Waals surface area contributed by atoms with Crippen LogP contribution in [0.1, 0.15) is 28.2 Å². The maximum absolute atomic E-state index is 10.8. The Kier molecular flexibility index (Phi) is 6.20. The van der Waals surface area contributed by atoms with Gasteiger partial charge in [0.1, 0.15) is 5.82 Å². The van der Waals surface area contributed by atoms with Crippen LogP contribution >= 0.6 is 23.2 Å². The predicted octanol–water partition coefficient (Wildman–Crippen LogP) is 5.04. The lowest BCUT2D eigenvalue weighted by Gasteiger charge is -2.10. The zero-order valence-corrected chi connectivity index (χ0v) is 16.5. The fraction of sp³-hybridized carbons (Fsp3) is 0.0909. The van der Waals surface area contributed by atoms with Gasteiger partial charge in [-0.1, -0.05) is 59.3 Å². The van der Waals surface area contributed by atoms with Gasteiger partial charge in [-0.2, -0.15) is 0 Å². The molecule has 0 radical (unpaired) electrons. The minimum Gasteiger partial charge on any atom is -0.478 e. The van der Waals surface area contributed by atoms with Gasteiger partial charge in [-0.25, -0.2) is 9.78 Å². The topological polar surface area (TPSA) is 55.1 Å². The number of aryl methyl sites for hydroxylation is 1. The van der Waals surface area contributed by atoms with E-state index in [1.54, 1.807) is 6.92 Å². The van der Waals surface area contributed by atoms with Gasteiger partial charge in [0.25, 0.3) is 0 Å². The van der Waals surface area contributed by atoms with Crippen LogP contribution in [0.25, 0.3) is 6.08 Å². The van der Waals surface area contributed by atoms with Crippen molar-refractivity contribution in [2.24, 2.45) is 0 Å². The number of aliphatic carboxylic acids is 1. The number of nitrogens with zero attached hydrogens (tertiary/aromatic N) is 2. The van der Waals surface area contributed by atoms with E-state index in [2.05, 4.69) is 16.8 Å². The van der Waals surface area contributed by atoms with Crippen molar-refractivity contribution in [2.45, 2.75) is 13.5 Å². The Bertz CT molecular complexity index is 1110. The number of aromatic nitrogens is 2. The molecule has 3 rings (SSSR count). The first kappa shape index (κ1) is 19.8. The fourth-order valence-corrected chi connectivity index (χ4v) is 3.17. The van der Waals surface area contributed by atoms with Crippen molar-refractivity contribution >= 4 is 35.2 Å². The lowest BCUT2D eigenvalue weighted by Crippen LogP contribution is -2.05. The molecule has 0 spiro atoms.